The van der Waals surface area contributed by atoms with Crippen molar-refractivity contribution in [2.45, 2.75) is 9.79 Å². The molecule has 4 aliphatic heterocycles. The van der Waals surface area contributed by atoms with Gasteiger partial charge < -0.3 is 21.3 Å². The highest BCUT2D eigenvalue weighted by Gasteiger charge is 2.25. The average Bonchev–Trinajstić information content (AvgIpc) is 3.89. The number of aliphatic imine (C=N–C) groups is 4. The van der Waals surface area contributed by atoms with E-state index in [0.29, 0.717) is 98.2 Å². The Balaban J connectivity index is 1.21. The Labute approximate surface area is 266 Å². The van der Waals surface area contributed by atoms with E-state index < -0.39 is 20.0 Å². The van der Waals surface area contributed by atoms with Gasteiger partial charge in [-0.05, 0) is 42.5 Å². The van der Waals surface area contributed by atoms with E-state index in [1.165, 1.54) is 18.2 Å². The molecule has 4 heterocycles. The van der Waals surface area contributed by atoms with Crippen LogP contribution >= 0.6 is 0 Å². The van der Waals surface area contributed by atoms with Crippen molar-refractivity contribution in [2.75, 3.05) is 61.8 Å². The maximum absolute atomic E-state index is 13.8. The zero-order valence-corrected chi connectivity index (χ0v) is 26.3. The summed E-state index contributed by atoms with van der Waals surface area (Å²) < 4.78 is 60.5. The van der Waals surface area contributed by atoms with Crippen molar-refractivity contribution in [3.05, 3.63) is 82.9 Å². The molecule has 0 radical (unpaired) electrons. The Hall–Kier alpha value is -4.96. The molecule has 0 saturated carbocycles. The lowest BCUT2D eigenvalue weighted by Crippen LogP contribution is -2.25. The number of anilines is 2. The molecule has 46 heavy (non-hydrogen) atoms. The minimum absolute atomic E-state index is 0.218. The second-order valence-corrected chi connectivity index (χ2v) is 14.2. The summed E-state index contributed by atoms with van der Waals surface area (Å²) in [7, 11) is -8.48. The van der Waals surface area contributed by atoms with Crippen LogP contribution in [0, 0.1) is 0 Å². The minimum Gasteiger partial charge on any atom is -0.368 e. The summed E-state index contributed by atoms with van der Waals surface area (Å²) in [4.78, 5) is 17.4. The Morgan fingerprint density at radius 1 is 0.500 bits per heavy atom. The lowest BCUT2D eigenvalue weighted by Gasteiger charge is -2.17. The summed E-state index contributed by atoms with van der Waals surface area (Å²) in [6.45, 7) is 5.08. The quantitative estimate of drug-likeness (QED) is 0.183. The van der Waals surface area contributed by atoms with Crippen LogP contribution in [0.15, 0.2) is 90.4 Å². The molecule has 7 rings (SSSR count). The van der Waals surface area contributed by atoms with Crippen molar-refractivity contribution in [1.82, 2.24) is 21.3 Å². The molecule has 14 nitrogen and oxygen atoms in total. The van der Waals surface area contributed by atoms with Crippen LogP contribution in [0.1, 0.15) is 22.3 Å². The van der Waals surface area contributed by atoms with E-state index in [2.05, 4.69) is 50.7 Å². The molecule has 3 aromatic carbocycles. The van der Waals surface area contributed by atoms with Crippen LogP contribution < -0.4 is 30.7 Å². The molecule has 0 spiro atoms. The predicted molar refractivity (Wildman–Crippen MR) is 179 cm³/mol. The molecule has 0 aliphatic carbocycles. The third-order valence-corrected chi connectivity index (χ3v) is 10.4. The van der Waals surface area contributed by atoms with Gasteiger partial charge in [0.2, 0.25) is 0 Å². The van der Waals surface area contributed by atoms with Crippen LogP contribution in [0.3, 0.4) is 0 Å². The lowest BCUT2D eigenvalue weighted by molar-refractivity contribution is 0.599. The van der Waals surface area contributed by atoms with Gasteiger partial charge in [0.25, 0.3) is 20.0 Å². The maximum atomic E-state index is 13.8. The molecule has 0 aromatic heterocycles. The van der Waals surface area contributed by atoms with Gasteiger partial charge in [-0.1, -0.05) is 18.2 Å². The zero-order valence-electron chi connectivity index (χ0n) is 24.7. The molecule has 0 bridgehead atoms. The van der Waals surface area contributed by atoms with Crippen molar-refractivity contribution in [3.63, 3.8) is 0 Å². The summed E-state index contributed by atoms with van der Waals surface area (Å²) >= 11 is 0. The number of nitrogens with zero attached hydrogens (tertiary/aromatic N) is 4. The first-order chi connectivity index (χ1) is 22.3. The van der Waals surface area contributed by atoms with Gasteiger partial charge in [0, 0.05) is 48.4 Å². The molecule has 3 aromatic rings. The van der Waals surface area contributed by atoms with E-state index >= 15 is 0 Å². The van der Waals surface area contributed by atoms with Crippen LogP contribution in [0.5, 0.6) is 0 Å². The largest absolute Gasteiger partial charge is 0.368 e. The maximum Gasteiger partial charge on any atom is 0.261 e. The van der Waals surface area contributed by atoms with E-state index in [4.69, 9.17) is 0 Å². The van der Waals surface area contributed by atoms with Crippen molar-refractivity contribution in [2.24, 2.45) is 20.0 Å². The van der Waals surface area contributed by atoms with Crippen molar-refractivity contribution < 1.29 is 16.8 Å². The number of rotatable bonds is 10. The fraction of sp³-hybridized carbons (Fsp3) is 0.267. The Morgan fingerprint density at radius 3 is 1.26 bits per heavy atom. The van der Waals surface area contributed by atoms with Crippen LogP contribution in [0.4, 0.5) is 11.4 Å². The molecule has 0 amide bonds. The molecule has 16 heteroatoms. The smallest absolute Gasteiger partial charge is 0.261 e. The Bertz CT molecular complexity index is 1910. The number of sulfonamides is 2. The molecule has 0 atom stereocenters. The van der Waals surface area contributed by atoms with Crippen LogP contribution in [-0.2, 0) is 20.0 Å². The normalized spacial score (nSPS) is 17.6. The summed E-state index contributed by atoms with van der Waals surface area (Å²) in [5, 5.41) is 12.8. The highest BCUT2D eigenvalue weighted by molar-refractivity contribution is 7.93. The van der Waals surface area contributed by atoms with E-state index in [9.17, 15) is 16.8 Å². The fourth-order valence-corrected chi connectivity index (χ4v) is 7.83. The van der Waals surface area contributed by atoms with E-state index in [-0.39, 0.29) is 9.79 Å². The first kappa shape index (κ1) is 29.7. The molecule has 0 saturated heterocycles. The third kappa shape index (κ3) is 6.00. The number of benzene rings is 3. The van der Waals surface area contributed by atoms with Gasteiger partial charge in [-0.15, -0.1) is 0 Å². The molecule has 0 fully saturated rings. The van der Waals surface area contributed by atoms with Crippen molar-refractivity contribution in [1.29, 1.82) is 0 Å². The number of amidine groups is 4. The minimum atomic E-state index is -4.24. The standard InChI is InChI=1S/C30H32N10O4S2/c41-45(42,39-25-16-19(27-31-8-9-32-27)4-6-23(25)29-35-12-13-36-29)21-2-1-3-22(18-21)46(43,44)40-26-17-20(28-33-10-11-34-28)5-7-24(26)30-37-14-15-38-30/h1-7,16-18,39-40H,8-15H2,(H,31,32)(H,33,34)(H,35,36)(H,37,38). The number of nitrogens with one attached hydrogen (secondary N) is 6. The summed E-state index contributed by atoms with van der Waals surface area (Å²) in [6, 6.07) is 15.9. The Morgan fingerprint density at radius 2 is 0.891 bits per heavy atom. The predicted octanol–water partition coefficient (Wildman–Crippen LogP) is 0.687. The third-order valence-electron chi connectivity index (χ3n) is 7.71. The van der Waals surface area contributed by atoms with Gasteiger partial charge in [-0.25, -0.2) is 16.8 Å². The van der Waals surface area contributed by atoms with E-state index in [1.54, 1.807) is 24.3 Å². The average molecular weight is 661 g/mol. The highest BCUT2D eigenvalue weighted by atomic mass is 32.2. The summed E-state index contributed by atoms with van der Waals surface area (Å²) in [6.07, 6.45) is 0. The van der Waals surface area contributed by atoms with Gasteiger partial charge in [0.05, 0.1) is 47.3 Å². The van der Waals surface area contributed by atoms with Gasteiger partial charge in [-0.3, -0.25) is 29.4 Å². The second kappa shape index (κ2) is 12.1. The summed E-state index contributed by atoms with van der Waals surface area (Å²) in [5.41, 5.74) is 3.18. The first-order valence-corrected chi connectivity index (χ1v) is 17.8. The van der Waals surface area contributed by atoms with Gasteiger partial charge in [0.15, 0.2) is 0 Å². The second-order valence-electron chi connectivity index (χ2n) is 10.8. The van der Waals surface area contributed by atoms with E-state index in [0.717, 1.165) is 17.2 Å². The molecule has 4 aliphatic rings. The molecule has 6 N–H and O–H groups in total. The molecular weight excluding hydrogens is 629 g/mol. The SMILES string of the molecule is O=S(=O)(Nc1cc(C2=NCCN2)ccc1C1=NCCN1)c1cccc(S(=O)(=O)Nc2cc(C3=NCCN3)ccc2C2=NCCN2)c1. The number of hydrogen-bond acceptors (Lipinski definition) is 12. The zero-order chi connectivity index (χ0) is 31.7. The van der Waals surface area contributed by atoms with Gasteiger partial charge in [0.1, 0.15) is 23.3 Å². The number of hydrogen-bond donors (Lipinski definition) is 6. The molecule has 0 unspecified atom stereocenters. The molecule has 238 valence electrons. The van der Waals surface area contributed by atoms with Crippen LogP contribution in [-0.4, -0.2) is 92.5 Å². The summed E-state index contributed by atoms with van der Waals surface area (Å²) in [5.74, 6) is 2.49. The monoisotopic (exact) mass is 660 g/mol. The van der Waals surface area contributed by atoms with Crippen molar-refractivity contribution >= 4 is 54.8 Å². The molecular formula is C30H32N10O4S2. The van der Waals surface area contributed by atoms with Gasteiger partial charge in [-0.2, -0.15) is 0 Å². The fourth-order valence-electron chi connectivity index (χ4n) is 5.52. The topological polar surface area (TPSA) is 190 Å². The first-order valence-electron chi connectivity index (χ1n) is 14.9. The lowest BCUT2D eigenvalue weighted by atomic mass is 10.1. The van der Waals surface area contributed by atoms with Crippen molar-refractivity contribution in [3.8, 4) is 0 Å². The highest BCUT2D eigenvalue weighted by Crippen LogP contribution is 2.27. The Kier molecular flexibility index (Phi) is 7.82. The van der Waals surface area contributed by atoms with Crippen LogP contribution in [0.25, 0.3) is 0 Å². The van der Waals surface area contributed by atoms with Gasteiger partial charge >= 0.3 is 0 Å². The van der Waals surface area contributed by atoms with Crippen LogP contribution in [0.2, 0.25) is 0 Å². The van der Waals surface area contributed by atoms with E-state index in [1.807, 2.05) is 12.1 Å².